The Balaban J connectivity index is 3.04. The molecule has 0 saturated heterocycles. The molecule has 2 heteroatoms. The van der Waals surface area contributed by atoms with E-state index < -0.39 is 0 Å². The van der Waals surface area contributed by atoms with E-state index in [-0.39, 0.29) is 0 Å². The molecule has 0 fully saturated rings. The fraction of sp³-hybridized carbons (Fsp3) is 1.00. The molecule has 74 valence electrons. The first-order valence-electron chi connectivity index (χ1n) is 5.18. The molecule has 0 aliphatic carbocycles. The molecular formula is C10H22BrP. The first-order valence-corrected chi connectivity index (χ1v) is 7.38. The summed E-state index contributed by atoms with van der Waals surface area (Å²) in [4.78, 5) is 0. The second kappa shape index (κ2) is 9.99. The number of alkyl halides is 1. The van der Waals surface area contributed by atoms with Crippen LogP contribution in [0.25, 0.3) is 0 Å². The van der Waals surface area contributed by atoms with E-state index >= 15 is 0 Å². The molecule has 0 rings (SSSR count). The van der Waals surface area contributed by atoms with Gasteiger partial charge in [-0.1, -0.05) is 55.5 Å². The predicted octanol–water partition coefficient (Wildman–Crippen LogP) is 4.77. The Morgan fingerprint density at radius 1 is 1.08 bits per heavy atom. The molecule has 0 aromatic rings. The highest BCUT2D eigenvalue weighted by atomic mass is 79.9. The zero-order chi connectivity index (χ0) is 9.23. The lowest BCUT2D eigenvalue weighted by Crippen LogP contribution is -1.90. The van der Waals surface area contributed by atoms with Crippen LogP contribution >= 0.6 is 24.5 Å². The molecule has 0 spiro atoms. The summed E-state index contributed by atoms with van der Waals surface area (Å²) in [5.74, 6) is 0. The van der Waals surface area contributed by atoms with Crippen molar-refractivity contribution < 1.29 is 0 Å². The van der Waals surface area contributed by atoms with Gasteiger partial charge in [0.1, 0.15) is 0 Å². The van der Waals surface area contributed by atoms with Crippen LogP contribution in [-0.2, 0) is 0 Å². The number of rotatable bonds is 8. The van der Waals surface area contributed by atoms with Crippen LogP contribution in [0, 0.1) is 0 Å². The Morgan fingerprint density at radius 3 is 2.33 bits per heavy atom. The molecule has 12 heavy (non-hydrogen) atoms. The lowest BCUT2D eigenvalue weighted by molar-refractivity contribution is 0.697. The van der Waals surface area contributed by atoms with Gasteiger partial charge in [-0.2, -0.15) is 0 Å². The minimum atomic E-state index is 0.815. The van der Waals surface area contributed by atoms with Crippen molar-refractivity contribution in [3.05, 3.63) is 0 Å². The fourth-order valence-corrected chi connectivity index (χ4v) is 3.40. The average Bonchev–Trinajstić information content (AvgIpc) is 2.06. The van der Waals surface area contributed by atoms with E-state index in [0.717, 1.165) is 13.1 Å². The van der Waals surface area contributed by atoms with Gasteiger partial charge >= 0.3 is 0 Å². The predicted molar refractivity (Wildman–Crippen MR) is 64.9 cm³/mol. The van der Waals surface area contributed by atoms with E-state index in [2.05, 4.69) is 29.8 Å². The van der Waals surface area contributed by atoms with Crippen molar-refractivity contribution in [1.29, 1.82) is 0 Å². The highest BCUT2D eigenvalue weighted by Crippen LogP contribution is 2.30. The molecule has 0 bridgehead atoms. The molecule has 0 aliphatic rings. The Hall–Kier alpha value is 0.910. The molecule has 0 saturated carbocycles. The SMILES string of the molecule is CCCCCC(Br)PCCCC. The molecule has 0 heterocycles. The summed E-state index contributed by atoms with van der Waals surface area (Å²) >= 11 is 3.75. The van der Waals surface area contributed by atoms with Crippen LogP contribution in [0.3, 0.4) is 0 Å². The van der Waals surface area contributed by atoms with Crippen LogP contribution in [0.5, 0.6) is 0 Å². The van der Waals surface area contributed by atoms with Crippen LogP contribution in [0.2, 0.25) is 0 Å². The first kappa shape index (κ1) is 12.9. The number of halogens is 1. The molecule has 0 radical (unpaired) electrons. The van der Waals surface area contributed by atoms with Crippen molar-refractivity contribution in [3.8, 4) is 0 Å². The second-order valence-corrected chi connectivity index (χ2v) is 6.83. The van der Waals surface area contributed by atoms with Crippen LogP contribution in [-0.4, -0.2) is 10.7 Å². The van der Waals surface area contributed by atoms with E-state index in [0.29, 0.717) is 0 Å². The van der Waals surface area contributed by atoms with Gasteiger partial charge in [0.25, 0.3) is 0 Å². The normalized spacial score (nSPS) is 14.2. The van der Waals surface area contributed by atoms with E-state index in [4.69, 9.17) is 0 Å². The standard InChI is InChI=1S/C10H22BrP/c1-3-5-7-8-10(11)12-9-6-4-2/h10,12H,3-9H2,1-2H3. The fourth-order valence-electron chi connectivity index (χ4n) is 1.11. The summed E-state index contributed by atoms with van der Waals surface area (Å²) in [5, 5.41) is 0. The summed E-state index contributed by atoms with van der Waals surface area (Å²) in [6, 6.07) is 0. The minimum absolute atomic E-state index is 0.815. The Labute approximate surface area is 87.8 Å². The van der Waals surface area contributed by atoms with Gasteiger partial charge in [0.15, 0.2) is 0 Å². The molecule has 0 aromatic heterocycles. The summed E-state index contributed by atoms with van der Waals surface area (Å²) in [5.41, 5.74) is 0. The zero-order valence-electron chi connectivity index (χ0n) is 8.41. The molecule has 2 atom stereocenters. The smallest absolute Gasteiger partial charge is 0.0317 e. The van der Waals surface area contributed by atoms with E-state index in [1.165, 1.54) is 44.7 Å². The van der Waals surface area contributed by atoms with Crippen LogP contribution < -0.4 is 0 Å². The van der Waals surface area contributed by atoms with Gasteiger partial charge < -0.3 is 0 Å². The van der Waals surface area contributed by atoms with Crippen molar-refractivity contribution in [3.63, 3.8) is 0 Å². The highest BCUT2D eigenvalue weighted by Gasteiger charge is 2.01. The van der Waals surface area contributed by atoms with Gasteiger partial charge in [0, 0.05) is 4.57 Å². The third-order valence-corrected chi connectivity index (χ3v) is 4.76. The maximum Gasteiger partial charge on any atom is 0.0317 e. The molecule has 0 aromatic carbocycles. The third kappa shape index (κ3) is 9.00. The van der Waals surface area contributed by atoms with Crippen molar-refractivity contribution in [2.45, 2.75) is 56.9 Å². The van der Waals surface area contributed by atoms with Crippen LogP contribution in [0.15, 0.2) is 0 Å². The monoisotopic (exact) mass is 252 g/mol. The largest absolute Gasteiger partial charge is 0.108 e. The van der Waals surface area contributed by atoms with Crippen LogP contribution in [0.1, 0.15) is 52.4 Å². The van der Waals surface area contributed by atoms with Crippen LogP contribution in [0.4, 0.5) is 0 Å². The van der Waals surface area contributed by atoms with Gasteiger partial charge in [0.05, 0.1) is 0 Å². The quantitative estimate of drug-likeness (QED) is 0.332. The van der Waals surface area contributed by atoms with E-state index in [1.54, 1.807) is 0 Å². The maximum atomic E-state index is 3.75. The molecule has 0 N–H and O–H groups in total. The molecular weight excluding hydrogens is 231 g/mol. The molecule has 2 unspecified atom stereocenters. The lowest BCUT2D eigenvalue weighted by atomic mass is 10.2. The highest BCUT2D eigenvalue weighted by molar-refractivity contribution is 9.10. The zero-order valence-corrected chi connectivity index (χ0v) is 11.0. The van der Waals surface area contributed by atoms with Gasteiger partial charge in [-0.3, -0.25) is 0 Å². The minimum Gasteiger partial charge on any atom is -0.108 e. The number of hydrogen-bond donors (Lipinski definition) is 0. The number of hydrogen-bond acceptors (Lipinski definition) is 0. The Kier molecular flexibility index (Phi) is 10.8. The summed E-state index contributed by atoms with van der Waals surface area (Å²) in [7, 11) is 1.14. The molecule has 0 aliphatic heterocycles. The Morgan fingerprint density at radius 2 is 1.75 bits per heavy atom. The summed E-state index contributed by atoms with van der Waals surface area (Å²) in [6.07, 6.45) is 9.73. The summed E-state index contributed by atoms with van der Waals surface area (Å²) < 4.78 is 0.815. The van der Waals surface area contributed by atoms with Gasteiger partial charge in [-0.15, -0.1) is 8.58 Å². The van der Waals surface area contributed by atoms with Crippen molar-refractivity contribution in [1.82, 2.24) is 0 Å². The first-order chi connectivity index (χ1) is 5.81. The molecule has 0 nitrogen and oxygen atoms in total. The third-order valence-electron chi connectivity index (χ3n) is 1.96. The lowest BCUT2D eigenvalue weighted by Gasteiger charge is -2.08. The van der Waals surface area contributed by atoms with Crippen molar-refractivity contribution in [2.75, 3.05) is 6.16 Å². The van der Waals surface area contributed by atoms with E-state index in [1.807, 2.05) is 0 Å². The maximum absolute atomic E-state index is 3.75. The molecule has 0 amide bonds. The Bertz CT molecular complexity index is 75.9. The van der Waals surface area contributed by atoms with E-state index in [9.17, 15) is 0 Å². The average molecular weight is 253 g/mol. The van der Waals surface area contributed by atoms with Crippen molar-refractivity contribution >= 4 is 24.5 Å². The van der Waals surface area contributed by atoms with Gasteiger partial charge in [-0.25, -0.2) is 0 Å². The van der Waals surface area contributed by atoms with Gasteiger partial charge in [0.2, 0.25) is 0 Å². The summed E-state index contributed by atoms with van der Waals surface area (Å²) in [6.45, 7) is 4.54. The topological polar surface area (TPSA) is 0 Å². The number of unbranched alkanes of at least 4 members (excludes halogenated alkanes) is 3. The van der Waals surface area contributed by atoms with Crippen molar-refractivity contribution in [2.24, 2.45) is 0 Å². The van der Waals surface area contributed by atoms with Gasteiger partial charge in [-0.05, 0) is 19.0 Å². The second-order valence-electron chi connectivity index (χ2n) is 3.27.